The van der Waals surface area contributed by atoms with Crippen LogP contribution in [0.15, 0.2) is 24.3 Å². The third-order valence-corrected chi connectivity index (χ3v) is 3.01. The van der Waals surface area contributed by atoms with Gasteiger partial charge in [0.15, 0.2) is 5.69 Å². The van der Waals surface area contributed by atoms with Gasteiger partial charge in [-0.3, -0.25) is 0 Å². The number of benzene rings is 1. The number of carbonyl (C=O) groups is 1. The quantitative estimate of drug-likeness (QED) is 0.851. The van der Waals surface area contributed by atoms with Crippen molar-refractivity contribution in [3.63, 3.8) is 0 Å². The third-order valence-electron chi connectivity index (χ3n) is 2.76. The van der Waals surface area contributed by atoms with Gasteiger partial charge in [0, 0.05) is 23.7 Å². The van der Waals surface area contributed by atoms with Crippen molar-refractivity contribution < 1.29 is 14.6 Å². The molecule has 6 nitrogen and oxygen atoms in total. The summed E-state index contributed by atoms with van der Waals surface area (Å²) in [5.74, 6) is -0.551. The van der Waals surface area contributed by atoms with Gasteiger partial charge < -0.3 is 9.84 Å². The molecule has 0 fully saturated rings. The molecule has 0 atom stereocenters. The Morgan fingerprint density at radius 2 is 2.10 bits per heavy atom. The molecule has 20 heavy (non-hydrogen) atoms. The van der Waals surface area contributed by atoms with E-state index in [4.69, 9.17) is 21.4 Å². The standard InChI is InChI=1S/C13H14ClN3O3/c1-20-13(19)11-12(9-3-5-10(14)6-4-9)17(16-15-11)7-2-8-18/h3-6,18H,2,7-8H2,1H3. The maximum Gasteiger partial charge on any atom is 0.360 e. The smallest absolute Gasteiger partial charge is 0.360 e. The van der Waals surface area contributed by atoms with Crippen molar-refractivity contribution in [2.75, 3.05) is 13.7 Å². The zero-order valence-corrected chi connectivity index (χ0v) is 11.7. The first-order chi connectivity index (χ1) is 9.67. The Bertz CT molecular complexity index is 595. The van der Waals surface area contributed by atoms with E-state index in [1.165, 1.54) is 7.11 Å². The van der Waals surface area contributed by atoms with E-state index < -0.39 is 5.97 Å². The normalized spacial score (nSPS) is 10.6. The summed E-state index contributed by atoms with van der Waals surface area (Å²) in [6.45, 7) is 0.492. The van der Waals surface area contributed by atoms with Gasteiger partial charge in [-0.25, -0.2) is 9.48 Å². The molecular weight excluding hydrogens is 282 g/mol. The van der Waals surface area contributed by atoms with Crippen LogP contribution in [0.25, 0.3) is 11.3 Å². The molecule has 1 aromatic carbocycles. The van der Waals surface area contributed by atoms with Crippen LogP contribution in [-0.4, -0.2) is 39.8 Å². The van der Waals surface area contributed by atoms with E-state index >= 15 is 0 Å². The van der Waals surface area contributed by atoms with Gasteiger partial charge in [-0.1, -0.05) is 28.9 Å². The first-order valence-electron chi connectivity index (χ1n) is 6.06. The highest BCUT2D eigenvalue weighted by atomic mass is 35.5. The van der Waals surface area contributed by atoms with E-state index in [-0.39, 0.29) is 12.3 Å². The van der Waals surface area contributed by atoms with E-state index in [1.807, 2.05) is 0 Å². The summed E-state index contributed by atoms with van der Waals surface area (Å²) in [6.07, 6.45) is 0.518. The molecule has 0 radical (unpaired) electrons. The molecule has 1 heterocycles. The number of aryl methyl sites for hydroxylation is 1. The lowest BCUT2D eigenvalue weighted by atomic mass is 10.1. The van der Waals surface area contributed by atoms with E-state index in [0.717, 1.165) is 5.56 Å². The Morgan fingerprint density at radius 3 is 2.70 bits per heavy atom. The largest absolute Gasteiger partial charge is 0.464 e. The third kappa shape index (κ3) is 2.97. The minimum Gasteiger partial charge on any atom is -0.464 e. The molecule has 0 saturated carbocycles. The summed E-state index contributed by atoms with van der Waals surface area (Å²) in [6, 6.07) is 7.01. The molecule has 7 heteroatoms. The molecular formula is C13H14ClN3O3. The number of halogens is 1. The van der Waals surface area contributed by atoms with Crippen LogP contribution in [0.3, 0.4) is 0 Å². The molecule has 106 valence electrons. The molecule has 0 aliphatic carbocycles. The second kappa shape index (κ2) is 6.49. The summed E-state index contributed by atoms with van der Waals surface area (Å²) in [7, 11) is 1.29. The summed E-state index contributed by atoms with van der Waals surface area (Å²) in [5, 5.41) is 17.3. The molecule has 2 rings (SSSR count). The van der Waals surface area contributed by atoms with E-state index in [9.17, 15) is 4.79 Å². The molecule has 0 aliphatic rings. The lowest BCUT2D eigenvalue weighted by Gasteiger charge is -2.07. The topological polar surface area (TPSA) is 77.2 Å². The number of aromatic nitrogens is 3. The van der Waals surface area contributed by atoms with Crippen LogP contribution in [0, 0.1) is 0 Å². The van der Waals surface area contributed by atoms with Gasteiger partial charge in [0.25, 0.3) is 0 Å². The van der Waals surface area contributed by atoms with Crippen molar-refractivity contribution in [2.24, 2.45) is 0 Å². The molecule has 0 aliphatic heterocycles. The molecule has 1 N–H and O–H groups in total. The molecule has 0 bridgehead atoms. The number of hydrogen-bond acceptors (Lipinski definition) is 5. The number of carbonyl (C=O) groups excluding carboxylic acids is 1. The van der Waals surface area contributed by atoms with Crippen molar-refractivity contribution in [2.45, 2.75) is 13.0 Å². The van der Waals surface area contributed by atoms with Crippen LogP contribution in [0.1, 0.15) is 16.9 Å². The fourth-order valence-corrected chi connectivity index (χ4v) is 1.94. The van der Waals surface area contributed by atoms with Crippen LogP contribution in [0.2, 0.25) is 5.02 Å². The first kappa shape index (κ1) is 14.5. The number of ether oxygens (including phenoxy) is 1. The predicted octanol–water partition coefficient (Wildman–Crippen LogP) is 1.77. The molecule has 0 unspecified atom stereocenters. The number of methoxy groups -OCH3 is 1. The average molecular weight is 296 g/mol. The van der Waals surface area contributed by atoms with Crippen molar-refractivity contribution >= 4 is 17.6 Å². The van der Waals surface area contributed by atoms with Crippen LogP contribution in [-0.2, 0) is 11.3 Å². The minimum absolute atomic E-state index is 0.0352. The molecule has 0 amide bonds. The predicted molar refractivity (Wildman–Crippen MR) is 73.5 cm³/mol. The maximum absolute atomic E-state index is 11.7. The van der Waals surface area contributed by atoms with Gasteiger partial charge in [0.05, 0.1) is 7.11 Å². The lowest BCUT2D eigenvalue weighted by Crippen LogP contribution is -2.07. The van der Waals surface area contributed by atoms with Gasteiger partial charge in [-0.05, 0) is 18.6 Å². The Hall–Kier alpha value is -1.92. The maximum atomic E-state index is 11.7. The highest BCUT2D eigenvalue weighted by Crippen LogP contribution is 2.24. The average Bonchev–Trinajstić information content (AvgIpc) is 2.89. The van der Waals surface area contributed by atoms with Crippen molar-refractivity contribution in [3.8, 4) is 11.3 Å². The van der Waals surface area contributed by atoms with Crippen LogP contribution >= 0.6 is 11.6 Å². The zero-order chi connectivity index (χ0) is 14.5. The van der Waals surface area contributed by atoms with E-state index in [2.05, 4.69) is 10.3 Å². The highest BCUT2D eigenvalue weighted by Gasteiger charge is 2.21. The van der Waals surface area contributed by atoms with Crippen LogP contribution in [0.4, 0.5) is 0 Å². The summed E-state index contributed by atoms with van der Waals surface area (Å²) in [5.41, 5.74) is 1.47. The SMILES string of the molecule is COC(=O)c1nnn(CCCO)c1-c1ccc(Cl)cc1. The van der Waals surface area contributed by atoms with E-state index in [1.54, 1.807) is 28.9 Å². The number of aliphatic hydroxyl groups excluding tert-OH is 1. The minimum atomic E-state index is -0.551. The number of esters is 1. The first-order valence-corrected chi connectivity index (χ1v) is 6.43. The molecule has 1 aromatic heterocycles. The fourth-order valence-electron chi connectivity index (χ4n) is 1.82. The van der Waals surface area contributed by atoms with Gasteiger partial charge in [0.1, 0.15) is 5.69 Å². The Labute approximate surface area is 120 Å². The second-order valence-corrected chi connectivity index (χ2v) is 4.52. The van der Waals surface area contributed by atoms with Crippen molar-refractivity contribution in [1.29, 1.82) is 0 Å². The van der Waals surface area contributed by atoms with Gasteiger partial charge in [-0.15, -0.1) is 5.10 Å². The summed E-state index contributed by atoms with van der Waals surface area (Å²) >= 11 is 5.86. The van der Waals surface area contributed by atoms with Crippen LogP contribution in [0.5, 0.6) is 0 Å². The lowest BCUT2D eigenvalue weighted by molar-refractivity contribution is 0.0595. The second-order valence-electron chi connectivity index (χ2n) is 4.09. The van der Waals surface area contributed by atoms with E-state index in [0.29, 0.717) is 23.7 Å². The number of hydrogen-bond donors (Lipinski definition) is 1. The molecule has 0 saturated heterocycles. The number of rotatable bonds is 5. The van der Waals surface area contributed by atoms with Gasteiger partial charge >= 0.3 is 5.97 Å². The summed E-state index contributed by atoms with van der Waals surface area (Å²) < 4.78 is 6.28. The Morgan fingerprint density at radius 1 is 1.40 bits per heavy atom. The molecule has 2 aromatic rings. The highest BCUT2D eigenvalue weighted by molar-refractivity contribution is 6.30. The monoisotopic (exact) mass is 295 g/mol. The van der Waals surface area contributed by atoms with Crippen LogP contribution < -0.4 is 0 Å². The van der Waals surface area contributed by atoms with Crippen molar-refractivity contribution in [1.82, 2.24) is 15.0 Å². The van der Waals surface area contributed by atoms with Crippen molar-refractivity contribution in [3.05, 3.63) is 35.0 Å². The molecule has 0 spiro atoms. The number of aliphatic hydroxyl groups is 1. The zero-order valence-electron chi connectivity index (χ0n) is 10.9. The fraction of sp³-hybridized carbons (Fsp3) is 0.308. The Balaban J connectivity index is 2.48. The number of nitrogens with zero attached hydrogens (tertiary/aromatic N) is 3. The Kier molecular flexibility index (Phi) is 4.70. The van der Waals surface area contributed by atoms with Gasteiger partial charge in [-0.2, -0.15) is 0 Å². The van der Waals surface area contributed by atoms with Gasteiger partial charge in [0.2, 0.25) is 0 Å². The summed E-state index contributed by atoms with van der Waals surface area (Å²) in [4.78, 5) is 11.7.